The largest absolute Gasteiger partial charge is 0.496 e. The Hall–Kier alpha value is -3.41. The molecular formula is C21H21N3O3. The van der Waals surface area contributed by atoms with Crippen LogP contribution in [0.4, 0.5) is 5.69 Å². The number of benzene rings is 2. The molecule has 0 aliphatic carbocycles. The van der Waals surface area contributed by atoms with Crippen molar-refractivity contribution in [3.8, 4) is 5.75 Å². The summed E-state index contributed by atoms with van der Waals surface area (Å²) in [7, 11) is 3.38. The van der Waals surface area contributed by atoms with E-state index in [2.05, 4.69) is 10.3 Å². The van der Waals surface area contributed by atoms with E-state index in [1.54, 1.807) is 55.4 Å². The Balaban J connectivity index is 1.65. The predicted molar refractivity (Wildman–Crippen MR) is 103 cm³/mol. The fourth-order valence-electron chi connectivity index (χ4n) is 2.78. The number of aromatic nitrogens is 2. The van der Waals surface area contributed by atoms with Crippen molar-refractivity contribution in [1.82, 2.24) is 9.55 Å². The maximum atomic E-state index is 12.4. The van der Waals surface area contributed by atoms with E-state index < -0.39 is 0 Å². The third-order valence-electron chi connectivity index (χ3n) is 4.29. The van der Waals surface area contributed by atoms with E-state index >= 15 is 0 Å². The molecule has 2 aromatic carbocycles. The van der Waals surface area contributed by atoms with Gasteiger partial charge in [-0.3, -0.25) is 9.59 Å². The van der Waals surface area contributed by atoms with Crippen LogP contribution in [0, 0.1) is 6.92 Å². The van der Waals surface area contributed by atoms with Gasteiger partial charge in [0.2, 0.25) is 11.7 Å². The second-order valence-electron chi connectivity index (χ2n) is 6.30. The minimum Gasteiger partial charge on any atom is -0.496 e. The molecule has 1 heterocycles. The lowest BCUT2D eigenvalue weighted by molar-refractivity contribution is -0.115. The summed E-state index contributed by atoms with van der Waals surface area (Å²) in [6, 6.07) is 12.5. The number of methoxy groups -OCH3 is 1. The Kier molecular flexibility index (Phi) is 5.35. The molecule has 0 fully saturated rings. The number of ether oxygens (including phenoxy) is 1. The molecule has 1 aromatic heterocycles. The molecule has 1 amide bonds. The van der Waals surface area contributed by atoms with Crippen molar-refractivity contribution in [2.75, 3.05) is 12.4 Å². The fourth-order valence-corrected chi connectivity index (χ4v) is 2.78. The number of ketones is 1. The van der Waals surface area contributed by atoms with Crippen molar-refractivity contribution >= 4 is 17.4 Å². The number of hydrogen-bond acceptors (Lipinski definition) is 4. The van der Waals surface area contributed by atoms with Gasteiger partial charge in [-0.1, -0.05) is 12.1 Å². The van der Waals surface area contributed by atoms with Crippen LogP contribution < -0.4 is 10.1 Å². The highest BCUT2D eigenvalue weighted by Crippen LogP contribution is 2.20. The number of aryl methyl sites for hydroxylation is 2. The lowest BCUT2D eigenvalue weighted by Gasteiger charge is -2.09. The first-order chi connectivity index (χ1) is 13.0. The average Bonchev–Trinajstić information content (AvgIpc) is 3.09. The van der Waals surface area contributed by atoms with Gasteiger partial charge in [-0.15, -0.1) is 0 Å². The highest BCUT2D eigenvalue weighted by molar-refractivity contribution is 6.07. The van der Waals surface area contributed by atoms with Gasteiger partial charge in [0.15, 0.2) is 5.82 Å². The molecule has 1 N–H and O–H groups in total. The first-order valence-corrected chi connectivity index (χ1v) is 8.53. The van der Waals surface area contributed by atoms with E-state index in [-0.39, 0.29) is 18.1 Å². The Labute approximate surface area is 157 Å². The van der Waals surface area contributed by atoms with Crippen molar-refractivity contribution in [2.45, 2.75) is 13.3 Å². The minimum atomic E-state index is -0.160. The summed E-state index contributed by atoms with van der Waals surface area (Å²) in [5.74, 6) is 0.841. The number of nitrogens with zero attached hydrogens (tertiary/aromatic N) is 2. The molecule has 0 bridgehead atoms. The number of rotatable bonds is 6. The van der Waals surface area contributed by atoms with Crippen molar-refractivity contribution in [3.63, 3.8) is 0 Å². The van der Waals surface area contributed by atoms with Crippen molar-refractivity contribution in [2.24, 2.45) is 7.05 Å². The summed E-state index contributed by atoms with van der Waals surface area (Å²) in [6.45, 7) is 1.95. The quantitative estimate of drug-likeness (QED) is 0.683. The zero-order valence-corrected chi connectivity index (χ0v) is 15.5. The van der Waals surface area contributed by atoms with Gasteiger partial charge >= 0.3 is 0 Å². The second kappa shape index (κ2) is 7.86. The fraction of sp³-hybridized carbons (Fsp3) is 0.190. The molecule has 0 aliphatic rings. The minimum absolute atomic E-state index is 0.135. The summed E-state index contributed by atoms with van der Waals surface area (Å²) in [5, 5.41) is 2.84. The normalized spacial score (nSPS) is 10.5. The molecule has 6 heteroatoms. The summed E-state index contributed by atoms with van der Waals surface area (Å²) in [5.41, 5.74) is 3.05. The van der Waals surface area contributed by atoms with Crippen LogP contribution >= 0.6 is 0 Å². The monoisotopic (exact) mass is 363 g/mol. The molecule has 0 spiro atoms. The maximum absolute atomic E-state index is 12.4. The Morgan fingerprint density at radius 3 is 2.52 bits per heavy atom. The van der Waals surface area contributed by atoms with Crippen LogP contribution in [0.1, 0.15) is 27.3 Å². The third-order valence-corrected chi connectivity index (χ3v) is 4.29. The molecule has 0 saturated heterocycles. The smallest absolute Gasteiger partial charge is 0.228 e. The molecular weight excluding hydrogens is 342 g/mol. The molecule has 0 aliphatic heterocycles. The first kappa shape index (κ1) is 18.4. The highest BCUT2D eigenvalue weighted by atomic mass is 16.5. The van der Waals surface area contributed by atoms with E-state index in [9.17, 15) is 9.59 Å². The average molecular weight is 363 g/mol. The topological polar surface area (TPSA) is 73.2 Å². The Morgan fingerprint density at radius 1 is 1.15 bits per heavy atom. The van der Waals surface area contributed by atoms with Crippen LogP contribution in [-0.4, -0.2) is 28.4 Å². The van der Waals surface area contributed by atoms with Gasteiger partial charge in [0, 0.05) is 30.7 Å². The summed E-state index contributed by atoms with van der Waals surface area (Å²) >= 11 is 0. The third kappa shape index (κ3) is 4.23. The van der Waals surface area contributed by atoms with Crippen molar-refractivity contribution < 1.29 is 14.3 Å². The van der Waals surface area contributed by atoms with Gasteiger partial charge < -0.3 is 14.6 Å². The molecule has 3 rings (SSSR count). The molecule has 0 unspecified atom stereocenters. The number of amides is 1. The van der Waals surface area contributed by atoms with Crippen LogP contribution in [0.5, 0.6) is 5.75 Å². The summed E-state index contributed by atoms with van der Waals surface area (Å²) in [6.07, 6.45) is 3.55. The van der Waals surface area contributed by atoms with Crippen molar-refractivity contribution in [3.05, 3.63) is 77.4 Å². The van der Waals surface area contributed by atoms with Crippen LogP contribution in [0.3, 0.4) is 0 Å². The van der Waals surface area contributed by atoms with Gasteiger partial charge in [-0.25, -0.2) is 4.98 Å². The Bertz CT molecular complexity index is 975. The number of carbonyl (C=O) groups excluding carboxylic acids is 2. The zero-order valence-electron chi connectivity index (χ0n) is 15.5. The molecule has 0 radical (unpaired) electrons. The number of carbonyl (C=O) groups is 2. The first-order valence-electron chi connectivity index (χ1n) is 8.53. The van der Waals surface area contributed by atoms with Crippen LogP contribution in [0.2, 0.25) is 0 Å². The molecule has 6 nitrogen and oxygen atoms in total. The standard InChI is InChI=1S/C21H21N3O3/c1-14-4-5-15(12-18(14)27-3)13-19(25)23-17-8-6-16(7-9-17)20(26)21-22-10-11-24(21)2/h4-12H,13H2,1-3H3,(H,23,25). The summed E-state index contributed by atoms with van der Waals surface area (Å²) < 4.78 is 6.96. The number of nitrogens with one attached hydrogen (secondary N) is 1. The maximum Gasteiger partial charge on any atom is 0.228 e. The van der Waals surface area contributed by atoms with E-state index in [0.29, 0.717) is 17.1 Å². The van der Waals surface area contributed by atoms with Crippen LogP contribution in [-0.2, 0) is 18.3 Å². The highest BCUT2D eigenvalue weighted by Gasteiger charge is 2.14. The lowest BCUT2D eigenvalue weighted by Crippen LogP contribution is -2.15. The molecule has 3 aromatic rings. The Morgan fingerprint density at radius 2 is 1.89 bits per heavy atom. The number of imidazole rings is 1. The summed E-state index contributed by atoms with van der Waals surface area (Å²) in [4.78, 5) is 28.8. The molecule has 0 atom stereocenters. The van der Waals surface area contributed by atoms with E-state index in [1.165, 1.54) is 0 Å². The SMILES string of the molecule is COc1cc(CC(=O)Nc2ccc(C(=O)c3nccn3C)cc2)ccc1C. The van der Waals surface area contributed by atoms with E-state index in [0.717, 1.165) is 16.9 Å². The van der Waals surface area contributed by atoms with Crippen LogP contribution in [0.15, 0.2) is 54.9 Å². The molecule has 27 heavy (non-hydrogen) atoms. The zero-order chi connectivity index (χ0) is 19.4. The van der Waals surface area contributed by atoms with Gasteiger partial charge in [0.05, 0.1) is 13.5 Å². The van der Waals surface area contributed by atoms with Gasteiger partial charge in [-0.05, 0) is 48.4 Å². The second-order valence-corrected chi connectivity index (χ2v) is 6.30. The molecule has 138 valence electrons. The molecule has 0 saturated carbocycles. The van der Waals surface area contributed by atoms with Gasteiger partial charge in [0.25, 0.3) is 0 Å². The van der Waals surface area contributed by atoms with Crippen molar-refractivity contribution in [1.29, 1.82) is 0 Å². The number of anilines is 1. The lowest BCUT2D eigenvalue weighted by atomic mass is 10.1. The van der Waals surface area contributed by atoms with Gasteiger partial charge in [-0.2, -0.15) is 0 Å². The van der Waals surface area contributed by atoms with Gasteiger partial charge in [0.1, 0.15) is 5.75 Å². The van der Waals surface area contributed by atoms with Crippen LogP contribution in [0.25, 0.3) is 0 Å². The van der Waals surface area contributed by atoms with E-state index in [1.807, 2.05) is 25.1 Å². The van der Waals surface area contributed by atoms with E-state index in [4.69, 9.17) is 4.74 Å². The number of hydrogen-bond donors (Lipinski definition) is 1. The predicted octanol–water partition coefficient (Wildman–Crippen LogP) is 3.15.